The molecule has 0 bridgehead atoms. The maximum Gasteiger partial charge on any atom is 0.326 e. The number of aliphatic carboxylic acids is 3. The Balaban J connectivity index is 3.31. The van der Waals surface area contributed by atoms with Crippen molar-refractivity contribution in [3.05, 3.63) is 35.4 Å². The van der Waals surface area contributed by atoms with Crippen molar-refractivity contribution >= 4 is 41.5 Å². The van der Waals surface area contributed by atoms with Gasteiger partial charge in [0.25, 0.3) is 0 Å². The first kappa shape index (κ1) is 39.4. The van der Waals surface area contributed by atoms with Crippen LogP contribution in [0.1, 0.15) is 58.9 Å². The Morgan fingerprint density at radius 1 is 0.761 bits per heavy atom. The second-order valence-electron chi connectivity index (χ2n) is 11.4. The molecule has 0 saturated carbocycles. The van der Waals surface area contributed by atoms with Gasteiger partial charge in [0.2, 0.25) is 23.6 Å². The van der Waals surface area contributed by atoms with Crippen LogP contribution in [0.3, 0.4) is 0 Å². The summed E-state index contributed by atoms with van der Waals surface area (Å²) in [6.07, 6.45) is -2.29. The van der Waals surface area contributed by atoms with Crippen molar-refractivity contribution in [2.75, 3.05) is 0 Å². The summed E-state index contributed by atoms with van der Waals surface area (Å²) in [7, 11) is 0. The highest BCUT2D eigenvalue weighted by molar-refractivity contribution is 5.96. The van der Waals surface area contributed by atoms with Gasteiger partial charge in [-0.15, -0.1) is 0 Å². The van der Waals surface area contributed by atoms with E-state index in [9.17, 15) is 47.4 Å². The van der Waals surface area contributed by atoms with Gasteiger partial charge in [-0.2, -0.15) is 0 Å². The average Bonchev–Trinajstić information content (AvgIpc) is 2.94. The lowest BCUT2D eigenvalue weighted by atomic mass is 9.98. The van der Waals surface area contributed by atoms with E-state index in [-0.39, 0.29) is 30.7 Å². The van der Waals surface area contributed by atoms with E-state index >= 15 is 0 Å². The Morgan fingerprint density at radius 3 is 1.85 bits per heavy atom. The van der Waals surface area contributed by atoms with Gasteiger partial charge in [0.05, 0.1) is 12.5 Å². The van der Waals surface area contributed by atoms with E-state index in [1.165, 1.54) is 0 Å². The summed E-state index contributed by atoms with van der Waals surface area (Å²) < 4.78 is 28.4. The molecular formula is C29H41F2N5O10. The molecule has 0 saturated heterocycles. The summed E-state index contributed by atoms with van der Waals surface area (Å²) in [5.41, 5.74) is 5.38. The number of rotatable bonds is 19. The fourth-order valence-electron chi connectivity index (χ4n) is 4.22. The average molecular weight is 658 g/mol. The number of nitrogens with one attached hydrogen (secondary N) is 4. The molecule has 9 N–H and O–H groups in total. The van der Waals surface area contributed by atoms with E-state index in [1.54, 1.807) is 27.7 Å². The van der Waals surface area contributed by atoms with Crippen molar-refractivity contribution < 1.29 is 57.7 Å². The summed E-state index contributed by atoms with van der Waals surface area (Å²) in [4.78, 5) is 85.9. The third-order valence-electron chi connectivity index (χ3n) is 6.67. The van der Waals surface area contributed by atoms with Crippen molar-refractivity contribution in [1.82, 2.24) is 21.3 Å². The number of carboxylic acids is 3. The van der Waals surface area contributed by atoms with E-state index in [0.717, 1.165) is 18.2 Å². The molecule has 5 atom stereocenters. The number of benzene rings is 1. The van der Waals surface area contributed by atoms with Gasteiger partial charge in [-0.1, -0.05) is 39.8 Å². The van der Waals surface area contributed by atoms with E-state index in [0.29, 0.717) is 0 Å². The van der Waals surface area contributed by atoms with Crippen LogP contribution in [0.4, 0.5) is 8.78 Å². The molecule has 17 heteroatoms. The first-order chi connectivity index (χ1) is 21.3. The zero-order chi connectivity index (χ0) is 35.3. The molecule has 0 aliphatic carbocycles. The zero-order valence-corrected chi connectivity index (χ0v) is 25.8. The van der Waals surface area contributed by atoms with Gasteiger partial charge in [0.1, 0.15) is 24.2 Å². The van der Waals surface area contributed by atoms with Gasteiger partial charge < -0.3 is 42.3 Å². The molecule has 0 spiro atoms. The van der Waals surface area contributed by atoms with Gasteiger partial charge in [0, 0.05) is 12.8 Å². The van der Waals surface area contributed by atoms with E-state index in [4.69, 9.17) is 15.9 Å². The van der Waals surface area contributed by atoms with Crippen LogP contribution in [0.15, 0.2) is 18.2 Å². The van der Waals surface area contributed by atoms with Gasteiger partial charge in [-0.25, -0.2) is 13.6 Å². The van der Waals surface area contributed by atoms with E-state index in [2.05, 4.69) is 16.0 Å². The van der Waals surface area contributed by atoms with Crippen molar-refractivity contribution in [1.29, 1.82) is 0 Å². The van der Waals surface area contributed by atoms with Gasteiger partial charge in [-0.3, -0.25) is 28.8 Å². The summed E-state index contributed by atoms with van der Waals surface area (Å²) in [5, 5.41) is 36.4. The largest absolute Gasteiger partial charge is 0.481 e. The van der Waals surface area contributed by atoms with Crippen LogP contribution < -0.4 is 27.0 Å². The Kier molecular flexibility index (Phi) is 15.7. The number of carbonyl (C=O) groups is 7. The molecule has 1 rings (SSSR count). The fraction of sp³-hybridized carbons (Fsp3) is 0.552. The van der Waals surface area contributed by atoms with Crippen molar-refractivity contribution in [3.8, 4) is 0 Å². The van der Waals surface area contributed by atoms with Gasteiger partial charge >= 0.3 is 17.9 Å². The summed E-state index contributed by atoms with van der Waals surface area (Å²) in [6.45, 7) is 6.61. The SMILES string of the molecule is CC(C)C[C@H](NC(=O)[C@@H](NC(=O)[C@@H](N)CCC(=O)O)C(C)C)C(=O)N[C@@H](Cc1cccc(F)c1F)C(=O)N[C@@H](CC(=O)O)C(=O)O. The van der Waals surface area contributed by atoms with Gasteiger partial charge in [-0.05, 0) is 36.3 Å². The number of carboxylic acid groups (broad SMARTS) is 3. The lowest BCUT2D eigenvalue weighted by molar-refractivity contribution is -0.147. The minimum absolute atomic E-state index is 0.00606. The second-order valence-corrected chi connectivity index (χ2v) is 11.4. The van der Waals surface area contributed by atoms with Crippen LogP contribution in [0, 0.1) is 23.5 Å². The highest BCUT2D eigenvalue weighted by Crippen LogP contribution is 2.15. The third-order valence-corrected chi connectivity index (χ3v) is 6.67. The molecule has 46 heavy (non-hydrogen) atoms. The van der Waals surface area contributed by atoms with E-state index in [1.807, 2.05) is 5.32 Å². The lowest BCUT2D eigenvalue weighted by Crippen LogP contribution is -2.60. The van der Waals surface area contributed by atoms with Crippen LogP contribution >= 0.6 is 0 Å². The first-order valence-corrected chi connectivity index (χ1v) is 14.4. The van der Waals surface area contributed by atoms with Gasteiger partial charge in [0.15, 0.2) is 11.6 Å². The lowest BCUT2D eigenvalue weighted by Gasteiger charge is -2.28. The Hall–Kier alpha value is -4.67. The number of halogens is 2. The quantitative estimate of drug-likeness (QED) is 0.0975. The number of amides is 4. The number of hydrogen-bond donors (Lipinski definition) is 8. The summed E-state index contributed by atoms with van der Waals surface area (Å²) in [6, 6.07) is -4.41. The summed E-state index contributed by atoms with van der Waals surface area (Å²) >= 11 is 0. The Morgan fingerprint density at radius 2 is 1.33 bits per heavy atom. The standard InChI is InChI=1S/C29H41F2N5O10/c1-13(2)10-18(34-28(44)24(14(3)4)36-25(41)17(32)8-9-21(37)38)26(42)33-19(11-15-6-5-7-16(30)23(15)31)27(43)35-20(29(45)46)12-22(39)40/h5-7,13-14,17-20,24H,8-12,32H2,1-4H3,(H,33,42)(H,34,44)(H,35,43)(H,36,41)(H,37,38)(H,39,40)(H,45,46)/t17-,18-,19-,20-,24-/m0/s1. The van der Waals surface area contributed by atoms with Crippen LogP contribution in [-0.4, -0.2) is 87.1 Å². The van der Waals surface area contributed by atoms with Crippen molar-refractivity contribution in [3.63, 3.8) is 0 Å². The Labute approximate surface area is 263 Å². The highest BCUT2D eigenvalue weighted by atomic mass is 19.2. The van der Waals surface area contributed by atoms with Crippen LogP contribution in [-0.2, 0) is 40.0 Å². The smallest absolute Gasteiger partial charge is 0.326 e. The Bertz CT molecular complexity index is 1290. The maximum atomic E-state index is 14.5. The van der Waals surface area contributed by atoms with Crippen molar-refractivity contribution in [2.24, 2.45) is 17.6 Å². The normalized spacial score (nSPS) is 14.4. The second kappa shape index (κ2) is 18.3. The zero-order valence-electron chi connectivity index (χ0n) is 25.8. The molecule has 0 fully saturated rings. The predicted molar refractivity (Wildman–Crippen MR) is 157 cm³/mol. The molecule has 1 aromatic carbocycles. The maximum absolute atomic E-state index is 14.5. The molecule has 0 aliphatic rings. The third kappa shape index (κ3) is 13.1. The first-order valence-electron chi connectivity index (χ1n) is 14.4. The molecule has 1 aromatic rings. The number of hydrogen-bond acceptors (Lipinski definition) is 8. The number of nitrogens with two attached hydrogens (primary N) is 1. The van der Waals surface area contributed by atoms with Crippen molar-refractivity contribution in [2.45, 2.75) is 90.0 Å². The fourth-order valence-corrected chi connectivity index (χ4v) is 4.22. The summed E-state index contributed by atoms with van der Waals surface area (Å²) in [5.74, 6) is -11.6. The molecule has 0 unspecified atom stereocenters. The van der Waals surface area contributed by atoms with Crippen LogP contribution in [0.2, 0.25) is 0 Å². The minimum atomic E-state index is -1.93. The molecule has 15 nitrogen and oxygen atoms in total. The van der Waals surface area contributed by atoms with Crippen LogP contribution in [0.25, 0.3) is 0 Å². The number of carbonyl (C=O) groups excluding carboxylic acids is 4. The molecule has 0 radical (unpaired) electrons. The monoisotopic (exact) mass is 657 g/mol. The topological polar surface area (TPSA) is 254 Å². The predicted octanol–water partition coefficient (Wildman–Crippen LogP) is -0.1000. The molecule has 0 heterocycles. The molecular weight excluding hydrogens is 616 g/mol. The molecule has 4 amide bonds. The van der Waals surface area contributed by atoms with Crippen LogP contribution in [0.5, 0.6) is 0 Å². The minimum Gasteiger partial charge on any atom is -0.481 e. The van der Waals surface area contributed by atoms with E-state index < -0.39 is 102 Å². The molecule has 256 valence electrons. The molecule has 0 aromatic heterocycles. The highest BCUT2D eigenvalue weighted by Gasteiger charge is 2.34. The molecule has 0 aliphatic heterocycles.